The van der Waals surface area contributed by atoms with Gasteiger partial charge in [-0.25, -0.2) is 0 Å². The Morgan fingerprint density at radius 1 is 1.30 bits per heavy atom. The number of esters is 1. The van der Waals surface area contributed by atoms with E-state index in [0.717, 1.165) is 37.7 Å². The van der Waals surface area contributed by atoms with E-state index in [1.165, 1.54) is 13.4 Å². The lowest BCUT2D eigenvalue weighted by Gasteiger charge is -2.23. The predicted octanol–water partition coefficient (Wildman–Crippen LogP) is 2.44. The topological polar surface area (TPSA) is 68.5 Å². The molecule has 1 amide bonds. The first-order chi connectivity index (χ1) is 9.63. The van der Waals surface area contributed by atoms with Crippen molar-refractivity contribution in [1.82, 2.24) is 5.32 Å². The van der Waals surface area contributed by atoms with E-state index in [2.05, 4.69) is 5.32 Å². The van der Waals surface area contributed by atoms with Gasteiger partial charge in [0.25, 0.3) is 5.91 Å². The number of aryl methyl sites for hydroxylation is 1. The molecule has 2 rings (SSSR count). The highest BCUT2D eigenvalue weighted by molar-refractivity contribution is 5.93. The summed E-state index contributed by atoms with van der Waals surface area (Å²) in [7, 11) is 1.39. The van der Waals surface area contributed by atoms with Gasteiger partial charge in [0.15, 0.2) is 5.76 Å². The molecule has 2 atom stereocenters. The van der Waals surface area contributed by atoms with E-state index in [4.69, 9.17) is 9.15 Å². The summed E-state index contributed by atoms with van der Waals surface area (Å²) >= 11 is 0. The van der Waals surface area contributed by atoms with Gasteiger partial charge in [0.2, 0.25) is 0 Å². The number of hydrogen-bond donors (Lipinski definition) is 1. The van der Waals surface area contributed by atoms with Gasteiger partial charge in [-0.15, -0.1) is 0 Å². The molecule has 0 unspecified atom stereocenters. The first-order valence-electron chi connectivity index (χ1n) is 7.06. The van der Waals surface area contributed by atoms with Gasteiger partial charge < -0.3 is 14.5 Å². The molecule has 110 valence electrons. The molecule has 1 heterocycles. The average Bonchev–Trinajstić information content (AvgIpc) is 2.74. The van der Waals surface area contributed by atoms with E-state index in [9.17, 15) is 9.59 Å². The first-order valence-corrected chi connectivity index (χ1v) is 7.06. The van der Waals surface area contributed by atoms with Gasteiger partial charge in [-0.1, -0.05) is 19.3 Å². The highest BCUT2D eigenvalue weighted by Crippen LogP contribution is 2.25. The minimum atomic E-state index is -0.262. The number of amides is 1. The standard InChI is InChI=1S/C15H21NO4/c1-10-8-9-20-13(10)14(17)16-12-7-5-3-4-6-11(12)15(18)19-2/h8-9,11-12H,3-7H2,1-2H3,(H,16,17)/t11-,12+/m1/s1. The van der Waals surface area contributed by atoms with Crippen LogP contribution in [0.1, 0.15) is 48.2 Å². The number of carbonyl (C=O) groups is 2. The van der Waals surface area contributed by atoms with Crippen molar-refractivity contribution in [2.75, 3.05) is 7.11 Å². The summed E-state index contributed by atoms with van der Waals surface area (Å²) in [4.78, 5) is 24.1. The zero-order chi connectivity index (χ0) is 14.5. The molecule has 5 nitrogen and oxygen atoms in total. The molecular formula is C15H21NO4. The third-order valence-electron chi connectivity index (χ3n) is 3.90. The number of methoxy groups -OCH3 is 1. The molecule has 0 radical (unpaired) electrons. The Morgan fingerprint density at radius 2 is 2.05 bits per heavy atom. The monoisotopic (exact) mass is 279 g/mol. The Bertz CT molecular complexity index is 480. The van der Waals surface area contributed by atoms with Crippen molar-refractivity contribution < 1.29 is 18.7 Å². The van der Waals surface area contributed by atoms with Crippen LogP contribution in [0.5, 0.6) is 0 Å². The molecule has 5 heteroatoms. The van der Waals surface area contributed by atoms with E-state index in [1.54, 1.807) is 6.07 Å². The van der Waals surface area contributed by atoms with E-state index in [-0.39, 0.29) is 23.8 Å². The van der Waals surface area contributed by atoms with Crippen LogP contribution in [-0.4, -0.2) is 25.0 Å². The molecule has 20 heavy (non-hydrogen) atoms. The van der Waals surface area contributed by atoms with Crippen molar-refractivity contribution in [3.8, 4) is 0 Å². The largest absolute Gasteiger partial charge is 0.469 e. The number of ether oxygens (including phenoxy) is 1. The Morgan fingerprint density at radius 3 is 2.70 bits per heavy atom. The fourth-order valence-corrected chi connectivity index (χ4v) is 2.75. The van der Waals surface area contributed by atoms with Gasteiger partial charge in [-0.3, -0.25) is 9.59 Å². The van der Waals surface area contributed by atoms with Crippen LogP contribution in [0.4, 0.5) is 0 Å². The molecular weight excluding hydrogens is 258 g/mol. The van der Waals surface area contributed by atoms with E-state index in [1.807, 2.05) is 6.92 Å². The van der Waals surface area contributed by atoms with Crippen LogP contribution >= 0.6 is 0 Å². The summed E-state index contributed by atoms with van der Waals surface area (Å²) in [5.41, 5.74) is 0.797. The SMILES string of the molecule is COC(=O)[C@@H]1CCCCC[C@@H]1NC(=O)c1occc1C. The van der Waals surface area contributed by atoms with Gasteiger partial charge in [0, 0.05) is 11.6 Å². The van der Waals surface area contributed by atoms with Gasteiger partial charge in [-0.05, 0) is 25.8 Å². The molecule has 1 aliphatic carbocycles. The lowest BCUT2D eigenvalue weighted by molar-refractivity contribution is -0.146. The molecule has 1 fully saturated rings. The summed E-state index contributed by atoms with van der Waals surface area (Å²) in [6.45, 7) is 1.82. The van der Waals surface area contributed by atoms with Crippen molar-refractivity contribution in [3.63, 3.8) is 0 Å². The van der Waals surface area contributed by atoms with Crippen molar-refractivity contribution >= 4 is 11.9 Å². The second-order valence-corrected chi connectivity index (χ2v) is 5.28. The summed E-state index contributed by atoms with van der Waals surface area (Å²) in [6, 6.07) is 1.57. The molecule has 0 aromatic carbocycles. The highest BCUT2D eigenvalue weighted by atomic mass is 16.5. The van der Waals surface area contributed by atoms with Crippen molar-refractivity contribution in [2.24, 2.45) is 5.92 Å². The fraction of sp³-hybridized carbons (Fsp3) is 0.600. The lowest BCUT2D eigenvalue weighted by Crippen LogP contribution is -2.43. The maximum Gasteiger partial charge on any atom is 0.310 e. The number of hydrogen-bond acceptors (Lipinski definition) is 4. The molecule has 1 aliphatic rings. The second kappa shape index (κ2) is 6.59. The Kier molecular flexibility index (Phi) is 4.82. The highest BCUT2D eigenvalue weighted by Gasteiger charge is 2.32. The first kappa shape index (κ1) is 14.6. The molecule has 1 N–H and O–H groups in total. The van der Waals surface area contributed by atoms with E-state index in [0.29, 0.717) is 5.76 Å². The average molecular weight is 279 g/mol. The Balaban J connectivity index is 2.09. The minimum Gasteiger partial charge on any atom is -0.469 e. The number of carbonyl (C=O) groups excluding carboxylic acids is 2. The quantitative estimate of drug-likeness (QED) is 0.681. The van der Waals surface area contributed by atoms with Crippen LogP contribution in [0.2, 0.25) is 0 Å². The van der Waals surface area contributed by atoms with Gasteiger partial charge >= 0.3 is 5.97 Å². The van der Waals surface area contributed by atoms with Crippen LogP contribution < -0.4 is 5.32 Å². The van der Waals surface area contributed by atoms with Crippen LogP contribution in [0.25, 0.3) is 0 Å². The van der Waals surface area contributed by atoms with Gasteiger partial charge in [0.05, 0.1) is 19.3 Å². The Labute approximate surface area is 118 Å². The van der Waals surface area contributed by atoms with Crippen LogP contribution in [0.15, 0.2) is 16.7 Å². The van der Waals surface area contributed by atoms with Crippen LogP contribution in [0, 0.1) is 12.8 Å². The summed E-state index contributed by atoms with van der Waals surface area (Å²) in [6.07, 6.45) is 6.14. The summed E-state index contributed by atoms with van der Waals surface area (Å²) in [5, 5.41) is 2.93. The number of rotatable bonds is 3. The molecule has 0 spiro atoms. The fourth-order valence-electron chi connectivity index (χ4n) is 2.75. The third kappa shape index (κ3) is 3.21. The maximum absolute atomic E-state index is 12.2. The van der Waals surface area contributed by atoms with Crippen molar-refractivity contribution in [1.29, 1.82) is 0 Å². The predicted molar refractivity (Wildman–Crippen MR) is 73.3 cm³/mol. The summed E-state index contributed by atoms with van der Waals surface area (Å²) < 4.78 is 10.1. The summed E-state index contributed by atoms with van der Waals surface area (Å²) in [5.74, 6) is -0.443. The maximum atomic E-state index is 12.2. The molecule has 0 saturated heterocycles. The third-order valence-corrected chi connectivity index (χ3v) is 3.90. The minimum absolute atomic E-state index is 0.179. The number of nitrogens with one attached hydrogen (secondary N) is 1. The van der Waals surface area contributed by atoms with E-state index >= 15 is 0 Å². The zero-order valence-corrected chi connectivity index (χ0v) is 12.0. The number of furan rings is 1. The smallest absolute Gasteiger partial charge is 0.310 e. The van der Waals surface area contributed by atoms with Crippen LogP contribution in [-0.2, 0) is 9.53 Å². The molecule has 1 aromatic heterocycles. The van der Waals surface area contributed by atoms with Crippen molar-refractivity contribution in [3.05, 3.63) is 23.7 Å². The Hall–Kier alpha value is -1.78. The normalized spacial score (nSPS) is 22.9. The molecule has 0 aliphatic heterocycles. The lowest BCUT2D eigenvalue weighted by atomic mass is 9.94. The van der Waals surface area contributed by atoms with Gasteiger partial charge in [0.1, 0.15) is 0 Å². The van der Waals surface area contributed by atoms with Gasteiger partial charge in [-0.2, -0.15) is 0 Å². The zero-order valence-electron chi connectivity index (χ0n) is 12.0. The molecule has 1 aromatic rings. The molecule has 0 bridgehead atoms. The van der Waals surface area contributed by atoms with E-state index < -0.39 is 0 Å². The van der Waals surface area contributed by atoms with Crippen molar-refractivity contribution in [2.45, 2.75) is 45.1 Å². The molecule has 1 saturated carbocycles. The van der Waals surface area contributed by atoms with Crippen LogP contribution in [0.3, 0.4) is 0 Å². The second-order valence-electron chi connectivity index (χ2n) is 5.28.